The zero-order valence-corrected chi connectivity index (χ0v) is 11.4. The van der Waals surface area contributed by atoms with E-state index < -0.39 is 34.8 Å². The zero-order chi connectivity index (χ0) is 16.3. The van der Waals surface area contributed by atoms with Gasteiger partial charge in [0.25, 0.3) is 0 Å². The first kappa shape index (κ1) is 15.8. The van der Waals surface area contributed by atoms with Gasteiger partial charge in [0.15, 0.2) is 5.78 Å². The van der Waals surface area contributed by atoms with Crippen LogP contribution in [-0.2, 0) is 17.5 Å². The van der Waals surface area contributed by atoms with Crippen LogP contribution >= 0.6 is 0 Å². The monoisotopic (exact) mass is 312 g/mol. The van der Waals surface area contributed by atoms with Crippen molar-refractivity contribution in [2.75, 3.05) is 0 Å². The molecule has 1 heterocycles. The number of alkyl halides is 3. The van der Waals surface area contributed by atoms with E-state index in [4.69, 9.17) is 4.74 Å². The van der Waals surface area contributed by atoms with E-state index in [0.29, 0.717) is 11.8 Å². The van der Waals surface area contributed by atoms with E-state index in [9.17, 15) is 22.8 Å². The van der Waals surface area contributed by atoms with Gasteiger partial charge in [-0.15, -0.1) is 0 Å². The van der Waals surface area contributed by atoms with Crippen molar-refractivity contribution in [3.8, 4) is 0 Å². The van der Waals surface area contributed by atoms with Gasteiger partial charge in [-0.3, -0.25) is 4.79 Å². The number of Topliss-reactive ketones (excluding diaryl/α,β-unsaturated/α-hetero) is 1. The molecule has 0 N–H and O–H groups in total. The summed E-state index contributed by atoms with van der Waals surface area (Å²) < 4.78 is 47.7. The van der Waals surface area contributed by atoms with Crippen molar-refractivity contribution in [1.29, 1.82) is 0 Å². The summed E-state index contributed by atoms with van der Waals surface area (Å²) in [5.41, 5.74) is -0.737. The van der Waals surface area contributed by atoms with Crippen molar-refractivity contribution in [2.24, 2.45) is 0 Å². The SMILES string of the molecule is CC(=O)c1coc(C(F)(F)F)c1C(=O)OCc1ccccc1. The van der Waals surface area contributed by atoms with Crippen molar-refractivity contribution in [3.05, 3.63) is 59.0 Å². The lowest BCUT2D eigenvalue weighted by atomic mass is 10.1. The fourth-order valence-corrected chi connectivity index (χ4v) is 1.82. The van der Waals surface area contributed by atoms with Gasteiger partial charge in [-0.2, -0.15) is 13.2 Å². The fourth-order valence-electron chi connectivity index (χ4n) is 1.82. The molecule has 2 rings (SSSR count). The average molecular weight is 312 g/mol. The molecule has 0 atom stereocenters. The van der Waals surface area contributed by atoms with Crippen LogP contribution in [0.25, 0.3) is 0 Å². The van der Waals surface area contributed by atoms with E-state index in [2.05, 4.69) is 4.42 Å². The van der Waals surface area contributed by atoms with Crippen molar-refractivity contribution < 1.29 is 31.9 Å². The summed E-state index contributed by atoms with van der Waals surface area (Å²) in [6.45, 7) is 0.832. The van der Waals surface area contributed by atoms with Gasteiger partial charge in [0.2, 0.25) is 5.76 Å². The van der Waals surface area contributed by atoms with E-state index in [0.717, 1.165) is 6.92 Å². The summed E-state index contributed by atoms with van der Waals surface area (Å²) in [6, 6.07) is 8.45. The molecule has 0 aliphatic carbocycles. The first-order valence-electron chi connectivity index (χ1n) is 6.21. The predicted octanol–water partition coefficient (Wildman–Crippen LogP) is 3.86. The highest BCUT2D eigenvalue weighted by atomic mass is 19.4. The number of hydrogen-bond donors (Lipinski definition) is 0. The minimum Gasteiger partial charge on any atom is -0.458 e. The summed E-state index contributed by atoms with van der Waals surface area (Å²) >= 11 is 0. The molecule has 7 heteroatoms. The molecular formula is C15H11F3O4. The normalized spacial score (nSPS) is 11.3. The lowest BCUT2D eigenvalue weighted by molar-refractivity contribution is -0.153. The van der Waals surface area contributed by atoms with Crippen molar-refractivity contribution >= 4 is 11.8 Å². The summed E-state index contributed by atoms with van der Waals surface area (Å²) in [6.07, 6.45) is -4.28. The molecule has 0 aliphatic heterocycles. The van der Waals surface area contributed by atoms with Gasteiger partial charge >= 0.3 is 12.1 Å². The van der Waals surface area contributed by atoms with E-state index in [1.54, 1.807) is 30.3 Å². The second-order valence-electron chi connectivity index (χ2n) is 4.47. The molecule has 4 nitrogen and oxygen atoms in total. The maximum Gasteiger partial charge on any atom is 0.450 e. The highest BCUT2D eigenvalue weighted by Gasteiger charge is 2.42. The van der Waals surface area contributed by atoms with E-state index >= 15 is 0 Å². The van der Waals surface area contributed by atoms with E-state index in [-0.39, 0.29) is 6.61 Å². The first-order chi connectivity index (χ1) is 10.3. The molecule has 0 saturated heterocycles. The largest absolute Gasteiger partial charge is 0.458 e. The molecule has 22 heavy (non-hydrogen) atoms. The molecule has 0 unspecified atom stereocenters. The third-order valence-electron chi connectivity index (χ3n) is 2.84. The Morgan fingerprint density at radius 2 is 1.82 bits per heavy atom. The molecule has 0 spiro atoms. The standard InChI is InChI=1S/C15H11F3O4/c1-9(19)11-8-21-13(15(16,17)18)12(11)14(20)22-7-10-5-3-2-4-6-10/h2-6,8H,7H2,1H3. The van der Waals surface area contributed by atoms with Gasteiger partial charge in [-0.1, -0.05) is 30.3 Å². The van der Waals surface area contributed by atoms with Crippen LogP contribution in [-0.4, -0.2) is 11.8 Å². The minimum atomic E-state index is -4.89. The molecule has 0 saturated carbocycles. The zero-order valence-electron chi connectivity index (χ0n) is 11.4. The summed E-state index contributed by atoms with van der Waals surface area (Å²) in [7, 11) is 0. The summed E-state index contributed by atoms with van der Waals surface area (Å²) in [5, 5.41) is 0. The van der Waals surface area contributed by atoms with Gasteiger partial charge in [-0.25, -0.2) is 4.79 Å². The van der Waals surface area contributed by atoms with Gasteiger partial charge in [0.05, 0.1) is 5.56 Å². The van der Waals surface area contributed by atoms with E-state index in [1.807, 2.05) is 0 Å². The Balaban J connectivity index is 2.28. The highest BCUT2D eigenvalue weighted by molar-refractivity contribution is 6.06. The highest BCUT2D eigenvalue weighted by Crippen LogP contribution is 2.35. The number of hydrogen-bond acceptors (Lipinski definition) is 4. The van der Waals surface area contributed by atoms with Gasteiger partial charge in [0.1, 0.15) is 18.4 Å². The number of carbonyl (C=O) groups excluding carboxylic acids is 2. The Morgan fingerprint density at radius 1 is 1.18 bits per heavy atom. The third-order valence-corrected chi connectivity index (χ3v) is 2.84. The molecule has 0 aliphatic rings. The molecule has 1 aromatic carbocycles. The van der Waals surface area contributed by atoms with Crippen LogP contribution in [0, 0.1) is 0 Å². The van der Waals surface area contributed by atoms with Gasteiger partial charge in [-0.05, 0) is 12.5 Å². The average Bonchev–Trinajstić information content (AvgIpc) is 2.91. The summed E-state index contributed by atoms with van der Waals surface area (Å²) in [4.78, 5) is 23.3. The first-order valence-corrected chi connectivity index (χ1v) is 6.21. The number of furan rings is 1. The molecule has 2 aromatic rings. The van der Waals surface area contributed by atoms with Gasteiger partial charge < -0.3 is 9.15 Å². The number of rotatable bonds is 4. The lowest BCUT2D eigenvalue weighted by Crippen LogP contribution is -2.15. The Morgan fingerprint density at radius 3 is 2.36 bits per heavy atom. The number of ether oxygens (including phenoxy) is 1. The Bertz CT molecular complexity index is 687. The van der Waals surface area contributed by atoms with Crippen molar-refractivity contribution in [2.45, 2.75) is 19.7 Å². The van der Waals surface area contributed by atoms with Crippen LogP contribution in [0.15, 0.2) is 41.0 Å². The quantitative estimate of drug-likeness (QED) is 0.635. The maximum absolute atomic E-state index is 12.8. The van der Waals surface area contributed by atoms with Crippen LogP contribution in [0.1, 0.15) is 39.0 Å². The fraction of sp³-hybridized carbons (Fsp3) is 0.200. The molecule has 0 radical (unpaired) electrons. The van der Waals surface area contributed by atoms with Crippen LogP contribution in [0.5, 0.6) is 0 Å². The van der Waals surface area contributed by atoms with Crippen molar-refractivity contribution in [1.82, 2.24) is 0 Å². The van der Waals surface area contributed by atoms with Gasteiger partial charge in [0, 0.05) is 0 Å². The Labute approximate surface area is 123 Å². The Hall–Kier alpha value is -2.57. The lowest BCUT2D eigenvalue weighted by Gasteiger charge is -2.08. The van der Waals surface area contributed by atoms with Crippen LogP contribution in [0.2, 0.25) is 0 Å². The maximum atomic E-state index is 12.8. The second-order valence-corrected chi connectivity index (χ2v) is 4.47. The van der Waals surface area contributed by atoms with Crippen LogP contribution < -0.4 is 0 Å². The molecule has 0 bridgehead atoms. The summed E-state index contributed by atoms with van der Waals surface area (Å²) in [5.74, 6) is -3.50. The third kappa shape index (κ3) is 3.36. The predicted molar refractivity (Wildman–Crippen MR) is 69.3 cm³/mol. The number of benzene rings is 1. The smallest absolute Gasteiger partial charge is 0.450 e. The molecule has 0 fully saturated rings. The molecular weight excluding hydrogens is 301 g/mol. The number of esters is 1. The number of ketones is 1. The Kier molecular flexibility index (Phi) is 4.35. The second kappa shape index (κ2) is 6.05. The van der Waals surface area contributed by atoms with Crippen molar-refractivity contribution in [3.63, 3.8) is 0 Å². The molecule has 116 valence electrons. The molecule has 0 amide bonds. The van der Waals surface area contributed by atoms with Crippen LogP contribution in [0.3, 0.4) is 0 Å². The topological polar surface area (TPSA) is 56.5 Å². The number of carbonyl (C=O) groups is 2. The van der Waals surface area contributed by atoms with Crippen LogP contribution in [0.4, 0.5) is 13.2 Å². The minimum absolute atomic E-state index is 0.209. The number of halogens is 3. The molecule has 1 aromatic heterocycles. The van der Waals surface area contributed by atoms with E-state index in [1.165, 1.54) is 0 Å².